The monoisotopic (exact) mass is 304 g/mol. The van der Waals surface area contributed by atoms with Gasteiger partial charge in [-0.25, -0.2) is 9.10 Å². The first-order chi connectivity index (χ1) is 9.29. The topological polar surface area (TPSA) is 136 Å². The predicted molar refractivity (Wildman–Crippen MR) is 66.6 cm³/mol. The average molecular weight is 304 g/mol. The molecule has 1 heterocycles. The van der Waals surface area contributed by atoms with Crippen LogP contribution in [0.25, 0.3) is 0 Å². The smallest absolute Gasteiger partial charge is 0.341 e. The molecule has 9 nitrogen and oxygen atoms in total. The van der Waals surface area contributed by atoms with Gasteiger partial charge in [0.2, 0.25) is 0 Å². The Labute approximate surface area is 114 Å². The standard InChI is InChI=1S/C10H12N2O7S/c13-8-3-6(19-5-10(15)16)1-2-7(8)12-4-9(14)11-20(12,17)18/h1-3,9,11,13-14H,4-5H2,(H,15,16). The molecule has 20 heavy (non-hydrogen) atoms. The summed E-state index contributed by atoms with van der Waals surface area (Å²) in [6.07, 6.45) is -1.26. The van der Waals surface area contributed by atoms with Crippen molar-refractivity contribution >= 4 is 21.9 Å². The molecular formula is C10H12N2O7S. The second-order valence-corrected chi connectivity index (χ2v) is 5.63. The summed E-state index contributed by atoms with van der Waals surface area (Å²) in [6, 6.07) is 3.67. The molecule has 4 N–H and O–H groups in total. The highest BCUT2D eigenvalue weighted by Crippen LogP contribution is 2.34. The number of carbonyl (C=O) groups is 1. The summed E-state index contributed by atoms with van der Waals surface area (Å²) in [5.41, 5.74) is -0.0447. The van der Waals surface area contributed by atoms with Crippen molar-refractivity contribution in [2.24, 2.45) is 0 Å². The number of benzene rings is 1. The molecule has 1 aliphatic heterocycles. The van der Waals surface area contributed by atoms with E-state index in [0.717, 1.165) is 10.4 Å². The predicted octanol–water partition coefficient (Wildman–Crippen LogP) is -1.17. The zero-order valence-corrected chi connectivity index (χ0v) is 10.9. The van der Waals surface area contributed by atoms with E-state index in [2.05, 4.69) is 0 Å². The second-order valence-electron chi connectivity index (χ2n) is 4.00. The molecule has 0 spiro atoms. The number of carboxylic acid groups (broad SMARTS) is 1. The Kier molecular flexibility index (Phi) is 3.70. The van der Waals surface area contributed by atoms with Crippen molar-refractivity contribution in [2.45, 2.75) is 6.23 Å². The van der Waals surface area contributed by atoms with Crippen LogP contribution < -0.4 is 13.8 Å². The van der Waals surface area contributed by atoms with E-state index in [1.54, 1.807) is 0 Å². The van der Waals surface area contributed by atoms with E-state index in [1.807, 2.05) is 4.72 Å². The minimum Gasteiger partial charge on any atom is -0.506 e. The Bertz CT molecular complexity index is 630. The van der Waals surface area contributed by atoms with E-state index in [0.29, 0.717) is 0 Å². The molecule has 1 atom stereocenters. The Morgan fingerprint density at radius 3 is 2.70 bits per heavy atom. The van der Waals surface area contributed by atoms with Crippen LogP contribution in [0.3, 0.4) is 0 Å². The van der Waals surface area contributed by atoms with Gasteiger partial charge in [-0.3, -0.25) is 0 Å². The molecule has 0 saturated carbocycles. The van der Waals surface area contributed by atoms with Gasteiger partial charge < -0.3 is 20.1 Å². The van der Waals surface area contributed by atoms with Crippen molar-refractivity contribution in [1.29, 1.82) is 0 Å². The van der Waals surface area contributed by atoms with Gasteiger partial charge in [0.05, 0.1) is 12.2 Å². The summed E-state index contributed by atoms with van der Waals surface area (Å²) < 4.78 is 30.9. The maximum Gasteiger partial charge on any atom is 0.341 e. The van der Waals surface area contributed by atoms with E-state index in [1.165, 1.54) is 12.1 Å². The van der Waals surface area contributed by atoms with Crippen molar-refractivity contribution in [3.05, 3.63) is 18.2 Å². The lowest BCUT2D eigenvalue weighted by Crippen LogP contribution is -2.30. The van der Waals surface area contributed by atoms with E-state index in [9.17, 15) is 23.4 Å². The molecule has 1 aromatic carbocycles. The van der Waals surface area contributed by atoms with Gasteiger partial charge in [-0.1, -0.05) is 0 Å². The fourth-order valence-corrected chi connectivity index (χ4v) is 3.00. The van der Waals surface area contributed by atoms with Gasteiger partial charge in [0.25, 0.3) is 0 Å². The lowest BCUT2D eigenvalue weighted by Gasteiger charge is -2.17. The van der Waals surface area contributed by atoms with Crippen LogP contribution in [-0.2, 0) is 15.0 Å². The first kappa shape index (κ1) is 14.4. The van der Waals surface area contributed by atoms with Crippen LogP contribution in [-0.4, -0.2) is 49.1 Å². The number of aliphatic hydroxyl groups is 1. The third-order valence-electron chi connectivity index (χ3n) is 2.49. The van der Waals surface area contributed by atoms with Gasteiger partial charge in [-0.2, -0.15) is 13.1 Å². The normalized spacial score (nSPS) is 20.9. The number of aromatic hydroxyl groups is 1. The van der Waals surface area contributed by atoms with Gasteiger partial charge >= 0.3 is 16.2 Å². The molecule has 110 valence electrons. The fourth-order valence-electron chi connectivity index (χ4n) is 1.70. The van der Waals surface area contributed by atoms with Gasteiger partial charge in [0.1, 0.15) is 17.7 Å². The number of rotatable bonds is 4. The number of hydrogen-bond acceptors (Lipinski definition) is 6. The highest BCUT2D eigenvalue weighted by Gasteiger charge is 2.35. The quantitative estimate of drug-likeness (QED) is 0.550. The van der Waals surface area contributed by atoms with E-state index >= 15 is 0 Å². The van der Waals surface area contributed by atoms with E-state index in [-0.39, 0.29) is 18.0 Å². The number of phenolic OH excluding ortho intramolecular Hbond substituents is 1. The number of aliphatic carboxylic acids is 1. The lowest BCUT2D eigenvalue weighted by molar-refractivity contribution is -0.139. The lowest BCUT2D eigenvalue weighted by atomic mass is 10.2. The maximum absolute atomic E-state index is 11.7. The molecule has 10 heteroatoms. The number of aliphatic hydroxyl groups excluding tert-OH is 1. The second kappa shape index (κ2) is 5.15. The van der Waals surface area contributed by atoms with Crippen LogP contribution in [0.1, 0.15) is 0 Å². The zero-order chi connectivity index (χ0) is 14.9. The number of β-amino-alcohol motifs (C(OH)–C–C–N with tert-alkyl or cyclic N) is 1. The van der Waals surface area contributed by atoms with Gasteiger partial charge in [0, 0.05) is 6.07 Å². The summed E-state index contributed by atoms with van der Waals surface area (Å²) in [5, 5.41) is 27.5. The molecule has 0 radical (unpaired) electrons. The largest absolute Gasteiger partial charge is 0.506 e. The Hall–Kier alpha value is -2.04. The van der Waals surface area contributed by atoms with Crippen molar-refractivity contribution in [2.75, 3.05) is 17.5 Å². The third-order valence-corrected chi connectivity index (χ3v) is 3.99. The maximum atomic E-state index is 11.7. The van der Waals surface area contributed by atoms with Crippen molar-refractivity contribution in [3.63, 3.8) is 0 Å². The van der Waals surface area contributed by atoms with Crippen LogP contribution >= 0.6 is 0 Å². The highest BCUT2D eigenvalue weighted by atomic mass is 32.2. The molecule has 1 aromatic rings. The summed E-state index contributed by atoms with van der Waals surface area (Å²) in [6.45, 7) is -0.827. The zero-order valence-electron chi connectivity index (χ0n) is 10.1. The van der Waals surface area contributed by atoms with Crippen molar-refractivity contribution in [1.82, 2.24) is 4.72 Å². The third kappa shape index (κ3) is 2.92. The number of ether oxygens (including phenoxy) is 1. The number of phenols is 1. The van der Waals surface area contributed by atoms with Crippen LogP contribution in [0, 0.1) is 0 Å². The molecule has 0 aliphatic carbocycles. The Morgan fingerprint density at radius 2 is 2.20 bits per heavy atom. The number of hydrogen-bond donors (Lipinski definition) is 4. The number of nitrogens with one attached hydrogen (secondary N) is 1. The SMILES string of the molecule is O=C(O)COc1ccc(N2CC(O)NS2(=O)=O)c(O)c1. The summed E-state index contributed by atoms with van der Waals surface area (Å²) in [7, 11) is -3.91. The first-order valence-corrected chi connectivity index (χ1v) is 6.89. The minimum absolute atomic E-state index is 0.0447. The van der Waals surface area contributed by atoms with Gasteiger partial charge in [-0.15, -0.1) is 0 Å². The van der Waals surface area contributed by atoms with Crippen molar-refractivity contribution in [3.8, 4) is 11.5 Å². The molecule has 2 rings (SSSR count). The number of nitrogens with zero attached hydrogens (tertiary/aromatic N) is 1. The summed E-state index contributed by atoms with van der Waals surface area (Å²) in [4.78, 5) is 10.3. The van der Waals surface area contributed by atoms with Crippen LogP contribution in [0.2, 0.25) is 0 Å². The van der Waals surface area contributed by atoms with Gasteiger partial charge in [0.15, 0.2) is 6.61 Å². The highest BCUT2D eigenvalue weighted by molar-refractivity contribution is 7.91. The van der Waals surface area contributed by atoms with Crippen LogP contribution in [0.4, 0.5) is 5.69 Å². The van der Waals surface area contributed by atoms with E-state index < -0.39 is 34.8 Å². The summed E-state index contributed by atoms with van der Waals surface area (Å²) in [5.74, 6) is -1.51. The molecule has 1 unspecified atom stereocenters. The molecule has 1 aliphatic rings. The summed E-state index contributed by atoms with van der Waals surface area (Å²) >= 11 is 0. The number of carboxylic acids is 1. The molecule has 0 aromatic heterocycles. The van der Waals surface area contributed by atoms with Crippen LogP contribution in [0.15, 0.2) is 18.2 Å². The molecule has 0 amide bonds. The van der Waals surface area contributed by atoms with Crippen molar-refractivity contribution < 1.29 is 33.3 Å². The number of anilines is 1. The molecule has 0 bridgehead atoms. The average Bonchev–Trinajstić information content (AvgIpc) is 2.60. The van der Waals surface area contributed by atoms with Crippen LogP contribution in [0.5, 0.6) is 11.5 Å². The molecule has 1 saturated heterocycles. The molecular weight excluding hydrogens is 292 g/mol. The van der Waals surface area contributed by atoms with Gasteiger partial charge in [-0.05, 0) is 12.1 Å². The molecule has 1 fully saturated rings. The Balaban J connectivity index is 2.24. The van der Waals surface area contributed by atoms with E-state index in [4.69, 9.17) is 9.84 Å². The fraction of sp³-hybridized carbons (Fsp3) is 0.300. The first-order valence-electron chi connectivity index (χ1n) is 5.45. The minimum atomic E-state index is -3.91. The Morgan fingerprint density at radius 1 is 1.50 bits per heavy atom.